The molecule has 1 spiro atoms. The molecule has 0 radical (unpaired) electrons. The SMILES string of the molecule is CC(C)(C)OC1CC(CC(=O)NC2(c3noc(C(F)F)n3)CCC2)C12CCC2. The van der Waals surface area contributed by atoms with Crippen LogP contribution in [-0.4, -0.2) is 27.8 Å². The molecule has 3 aliphatic rings. The van der Waals surface area contributed by atoms with Crippen molar-refractivity contribution in [1.82, 2.24) is 15.5 Å². The summed E-state index contributed by atoms with van der Waals surface area (Å²) in [5, 5.41) is 6.74. The third kappa shape index (κ3) is 3.33. The van der Waals surface area contributed by atoms with Gasteiger partial charge >= 0.3 is 6.43 Å². The second-order valence-corrected chi connectivity index (χ2v) is 9.68. The van der Waals surface area contributed by atoms with E-state index in [0.29, 0.717) is 25.2 Å². The molecule has 4 rings (SSSR count). The first kappa shape index (κ1) is 19.7. The van der Waals surface area contributed by atoms with Gasteiger partial charge in [0, 0.05) is 11.8 Å². The van der Waals surface area contributed by atoms with Gasteiger partial charge in [0.1, 0.15) is 5.54 Å². The van der Waals surface area contributed by atoms with Gasteiger partial charge in [0.2, 0.25) is 5.91 Å². The molecule has 8 heteroatoms. The van der Waals surface area contributed by atoms with Crippen LogP contribution in [0.2, 0.25) is 0 Å². The first-order chi connectivity index (χ1) is 13.1. The maximum atomic E-state index is 12.8. The Bertz CT molecular complexity index is 735. The Labute approximate surface area is 163 Å². The molecule has 2 unspecified atom stereocenters. The summed E-state index contributed by atoms with van der Waals surface area (Å²) in [5.74, 6) is -0.269. The Morgan fingerprint density at radius 3 is 2.43 bits per heavy atom. The topological polar surface area (TPSA) is 77.2 Å². The fourth-order valence-corrected chi connectivity index (χ4v) is 5.02. The Balaban J connectivity index is 1.39. The average molecular weight is 397 g/mol. The predicted octanol–water partition coefficient (Wildman–Crippen LogP) is 4.27. The molecule has 0 aromatic carbocycles. The molecule has 6 nitrogen and oxygen atoms in total. The zero-order valence-corrected chi connectivity index (χ0v) is 16.8. The van der Waals surface area contributed by atoms with Crippen LogP contribution in [0.3, 0.4) is 0 Å². The molecule has 1 aromatic heterocycles. The smallest absolute Gasteiger partial charge is 0.315 e. The third-order valence-electron chi connectivity index (χ3n) is 6.81. The van der Waals surface area contributed by atoms with E-state index in [9.17, 15) is 13.6 Å². The van der Waals surface area contributed by atoms with Gasteiger partial charge in [0.05, 0.1) is 11.7 Å². The molecular weight excluding hydrogens is 368 g/mol. The summed E-state index contributed by atoms with van der Waals surface area (Å²) in [5.41, 5.74) is -0.810. The van der Waals surface area contributed by atoms with Gasteiger partial charge in [-0.05, 0) is 65.2 Å². The molecule has 28 heavy (non-hydrogen) atoms. The molecule has 156 valence electrons. The number of alkyl halides is 2. The largest absolute Gasteiger partial charge is 0.372 e. The summed E-state index contributed by atoms with van der Waals surface area (Å²) in [6, 6.07) is 0. The number of amides is 1. The number of carbonyl (C=O) groups is 1. The van der Waals surface area contributed by atoms with Crippen molar-refractivity contribution >= 4 is 5.91 Å². The van der Waals surface area contributed by atoms with Gasteiger partial charge in [-0.1, -0.05) is 11.6 Å². The molecule has 1 N–H and O–H groups in total. The number of nitrogens with zero attached hydrogens (tertiary/aromatic N) is 2. The fraction of sp³-hybridized carbons (Fsp3) is 0.850. The summed E-state index contributed by atoms with van der Waals surface area (Å²) in [7, 11) is 0. The van der Waals surface area contributed by atoms with Crippen molar-refractivity contribution in [1.29, 1.82) is 0 Å². The zero-order valence-electron chi connectivity index (χ0n) is 16.8. The van der Waals surface area contributed by atoms with E-state index in [1.165, 1.54) is 6.42 Å². The normalized spacial score (nSPS) is 27.8. The van der Waals surface area contributed by atoms with Crippen LogP contribution in [0.4, 0.5) is 8.78 Å². The summed E-state index contributed by atoms with van der Waals surface area (Å²) in [4.78, 5) is 16.6. The van der Waals surface area contributed by atoms with Crippen molar-refractivity contribution in [2.75, 3.05) is 0 Å². The lowest BCUT2D eigenvalue weighted by molar-refractivity contribution is -0.233. The van der Waals surface area contributed by atoms with Gasteiger partial charge in [0.15, 0.2) is 5.82 Å². The monoisotopic (exact) mass is 397 g/mol. The molecule has 2 atom stereocenters. The minimum Gasteiger partial charge on any atom is -0.372 e. The quantitative estimate of drug-likeness (QED) is 0.776. The van der Waals surface area contributed by atoms with Crippen molar-refractivity contribution in [2.45, 2.75) is 95.8 Å². The molecular formula is C20H29F2N3O3. The lowest BCUT2D eigenvalue weighted by Gasteiger charge is -2.62. The summed E-state index contributed by atoms with van der Waals surface area (Å²) in [6.45, 7) is 6.20. The van der Waals surface area contributed by atoms with Crippen LogP contribution in [0.25, 0.3) is 0 Å². The van der Waals surface area contributed by atoms with Crippen LogP contribution in [0.5, 0.6) is 0 Å². The van der Waals surface area contributed by atoms with E-state index in [2.05, 4.69) is 40.8 Å². The van der Waals surface area contributed by atoms with Crippen molar-refractivity contribution in [3.05, 3.63) is 11.7 Å². The number of aromatic nitrogens is 2. The van der Waals surface area contributed by atoms with E-state index in [4.69, 9.17) is 4.74 Å². The van der Waals surface area contributed by atoms with Gasteiger partial charge in [0.25, 0.3) is 5.89 Å². The fourth-order valence-electron chi connectivity index (χ4n) is 5.02. The first-order valence-corrected chi connectivity index (χ1v) is 10.2. The van der Waals surface area contributed by atoms with Crippen molar-refractivity contribution in [3.8, 4) is 0 Å². The van der Waals surface area contributed by atoms with Crippen molar-refractivity contribution in [2.24, 2.45) is 11.3 Å². The highest BCUT2D eigenvalue weighted by atomic mass is 19.3. The number of hydrogen-bond acceptors (Lipinski definition) is 5. The zero-order chi connectivity index (χ0) is 20.2. The second kappa shape index (κ2) is 6.75. The number of halogens is 2. The lowest BCUT2D eigenvalue weighted by Crippen LogP contribution is -2.61. The first-order valence-electron chi connectivity index (χ1n) is 10.2. The minimum atomic E-state index is -2.80. The Morgan fingerprint density at radius 1 is 1.29 bits per heavy atom. The third-order valence-corrected chi connectivity index (χ3v) is 6.81. The maximum Gasteiger partial charge on any atom is 0.315 e. The van der Waals surface area contributed by atoms with Crippen LogP contribution >= 0.6 is 0 Å². The van der Waals surface area contributed by atoms with Gasteiger partial charge in [-0.25, -0.2) is 0 Å². The van der Waals surface area contributed by atoms with Crippen LogP contribution < -0.4 is 5.32 Å². The predicted molar refractivity (Wildman–Crippen MR) is 96.6 cm³/mol. The summed E-state index contributed by atoms with van der Waals surface area (Å²) >= 11 is 0. The van der Waals surface area contributed by atoms with E-state index < -0.39 is 17.9 Å². The molecule has 1 heterocycles. The molecule has 3 aliphatic carbocycles. The molecule has 3 fully saturated rings. The molecule has 3 saturated carbocycles. The number of rotatable bonds is 6. The highest BCUT2D eigenvalue weighted by Crippen LogP contribution is 2.62. The Kier molecular flexibility index (Phi) is 4.75. The number of nitrogens with one attached hydrogen (secondary N) is 1. The van der Waals surface area contributed by atoms with Crippen molar-refractivity contribution < 1.29 is 22.8 Å². The van der Waals surface area contributed by atoms with Crippen LogP contribution in [0.1, 0.15) is 90.3 Å². The molecule has 1 aromatic rings. The van der Waals surface area contributed by atoms with Gasteiger partial charge in [-0.15, -0.1) is 0 Å². The van der Waals surface area contributed by atoms with Crippen molar-refractivity contribution in [3.63, 3.8) is 0 Å². The Hall–Kier alpha value is -1.57. The number of hydrogen-bond donors (Lipinski definition) is 1. The van der Waals surface area contributed by atoms with Crippen LogP contribution in [-0.2, 0) is 15.1 Å². The Morgan fingerprint density at radius 2 is 1.96 bits per heavy atom. The van der Waals surface area contributed by atoms with Crippen LogP contribution in [0.15, 0.2) is 4.52 Å². The lowest BCUT2D eigenvalue weighted by atomic mass is 9.47. The van der Waals surface area contributed by atoms with Gasteiger partial charge in [-0.3, -0.25) is 4.79 Å². The van der Waals surface area contributed by atoms with E-state index in [0.717, 1.165) is 25.7 Å². The highest BCUT2D eigenvalue weighted by molar-refractivity contribution is 5.77. The summed E-state index contributed by atoms with van der Waals surface area (Å²) in [6.07, 6.45) is 4.35. The van der Waals surface area contributed by atoms with Crippen LogP contribution in [0, 0.1) is 11.3 Å². The van der Waals surface area contributed by atoms with E-state index in [1.807, 2.05) is 0 Å². The molecule has 0 bridgehead atoms. The number of carbonyl (C=O) groups excluding carboxylic acids is 1. The molecule has 1 amide bonds. The molecule has 0 aliphatic heterocycles. The average Bonchev–Trinajstić information content (AvgIpc) is 2.97. The standard InChI is InChI=1S/C20H29F2N3O3/c1-18(2,3)27-13-10-12(19(13)6-4-7-19)11-14(26)24-20(8-5-9-20)17-23-16(15(21)22)28-25-17/h12-13,15H,4-11H2,1-3H3,(H,24,26). The second-order valence-electron chi connectivity index (χ2n) is 9.68. The van der Waals surface area contributed by atoms with E-state index >= 15 is 0 Å². The maximum absolute atomic E-state index is 12.8. The van der Waals surface area contributed by atoms with Gasteiger partial charge in [-0.2, -0.15) is 13.8 Å². The van der Waals surface area contributed by atoms with Gasteiger partial charge < -0.3 is 14.6 Å². The number of ether oxygens (including phenoxy) is 1. The summed E-state index contributed by atoms with van der Waals surface area (Å²) < 4.78 is 36.4. The molecule has 0 saturated heterocycles. The van der Waals surface area contributed by atoms with E-state index in [1.54, 1.807) is 0 Å². The highest BCUT2D eigenvalue weighted by Gasteiger charge is 2.60. The minimum absolute atomic E-state index is 0.0615. The van der Waals surface area contributed by atoms with E-state index in [-0.39, 0.29) is 28.9 Å².